The molecule has 0 atom stereocenters. The lowest BCUT2D eigenvalue weighted by molar-refractivity contribution is -0.133. The Labute approximate surface area is 216 Å². The van der Waals surface area contributed by atoms with Crippen molar-refractivity contribution in [2.75, 3.05) is 16.1 Å². The monoisotopic (exact) mass is 602 g/mol. The number of fused-ring (bicyclic) bond motifs is 1. The van der Waals surface area contributed by atoms with Crippen LogP contribution in [0.4, 0.5) is 11.4 Å². The van der Waals surface area contributed by atoms with Crippen LogP contribution < -0.4 is 16.1 Å². The highest BCUT2D eigenvalue weighted by molar-refractivity contribution is 9.10. The van der Waals surface area contributed by atoms with E-state index in [0.29, 0.717) is 27.3 Å². The smallest absolute Gasteiger partial charge is 0.321 e. The van der Waals surface area contributed by atoms with Crippen LogP contribution in [0.2, 0.25) is 5.02 Å². The van der Waals surface area contributed by atoms with Crippen molar-refractivity contribution in [3.63, 3.8) is 0 Å². The third-order valence-electron chi connectivity index (χ3n) is 4.93. The van der Waals surface area contributed by atoms with Gasteiger partial charge in [0, 0.05) is 30.7 Å². The second-order valence-electron chi connectivity index (χ2n) is 7.39. The van der Waals surface area contributed by atoms with Crippen LogP contribution in [0.5, 0.6) is 0 Å². The summed E-state index contributed by atoms with van der Waals surface area (Å²) < 4.78 is 2.84. The Kier molecular flexibility index (Phi) is 7.06. The summed E-state index contributed by atoms with van der Waals surface area (Å²) in [5.41, 5.74) is 5.02. The largest absolute Gasteiger partial charge is 0.328 e. The molecular formula is C24H17Br2ClN4O3. The van der Waals surface area contributed by atoms with Crippen LogP contribution in [0.1, 0.15) is 16.1 Å². The maximum atomic E-state index is 13.1. The number of hydrogen-bond acceptors (Lipinski definition) is 3. The van der Waals surface area contributed by atoms with E-state index in [1.807, 2.05) is 6.92 Å². The Morgan fingerprint density at radius 3 is 2.29 bits per heavy atom. The first-order valence-electron chi connectivity index (χ1n) is 9.97. The van der Waals surface area contributed by atoms with E-state index in [9.17, 15) is 14.4 Å². The molecule has 0 radical (unpaired) electrons. The van der Waals surface area contributed by atoms with E-state index in [-0.39, 0.29) is 5.69 Å². The molecule has 1 aromatic heterocycles. The van der Waals surface area contributed by atoms with E-state index in [4.69, 9.17) is 11.6 Å². The van der Waals surface area contributed by atoms with Gasteiger partial charge in [-0.25, -0.2) is 4.68 Å². The predicted molar refractivity (Wildman–Crippen MR) is 141 cm³/mol. The highest BCUT2D eigenvalue weighted by Crippen LogP contribution is 2.25. The van der Waals surface area contributed by atoms with Crippen LogP contribution in [0, 0.1) is 6.92 Å². The molecule has 4 rings (SSSR count). The fourth-order valence-corrected chi connectivity index (χ4v) is 4.20. The standard InChI is InChI=1S/C24H17Br2ClN4O3/c1-13-5-7-18(12-19(13)27)28-22(32)21-10-14-9-16(26)6-8-20(14)31(21)30-24(34)23(33)29-17-4-2-3-15(25)11-17/h2-12H,1H3,(H,28,32)(H,29,33)(H,30,34). The second kappa shape index (κ2) is 10.0. The summed E-state index contributed by atoms with van der Waals surface area (Å²) in [5, 5.41) is 6.52. The van der Waals surface area contributed by atoms with Gasteiger partial charge in [0.1, 0.15) is 5.69 Å². The molecule has 7 nitrogen and oxygen atoms in total. The van der Waals surface area contributed by atoms with Crippen molar-refractivity contribution in [1.29, 1.82) is 0 Å². The van der Waals surface area contributed by atoms with Crippen molar-refractivity contribution in [1.82, 2.24) is 4.68 Å². The topological polar surface area (TPSA) is 92.2 Å². The normalized spacial score (nSPS) is 10.7. The first-order chi connectivity index (χ1) is 16.2. The van der Waals surface area contributed by atoms with Crippen molar-refractivity contribution in [2.24, 2.45) is 0 Å². The number of halogens is 3. The lowest BCUT2D eigenvalue weighted by atomic mass is 10.2. The fraction of sp³-hybridized carbons (Fsp3) is 0.0417. The van der Waals surface area contributed by atoms with Gasteiger partial charge in [0.2, 0.25) is 0 Å². The molecule has 0 bridgehead atoms. The molecule has 10 heteroatoms. The molecule has 0 fully saturated rings. The van der Waals surface area contributed by atoms with E-state index in [2.05, 4.69) is 47.9 Å². The van der Waals surface area contributed by atoms with Crippen LogP contribution in [-0.4, -0.2) is 22.4 Å². The number of carbonyl (C=O) groups is 3. The number of rotatable bonds is 4. The number of amides is 3. The predicted octanol–water partition coefficient (Wildman–Crippen LogP) is 6.09. The Bertz CT molecular complexity index is 1450. The minimum absolute atomic E-state index is 0.133. The van der Waals surface area contributed by atoms with Crippen molar-refractivity contribution in [2.45, 2.75) is 6.92 Å². The van der Waals surface area contributed by atoms with Crippen LogP contribution in [-0.2, 0) is 9.59 Å². The summed E-state index contributed by atoms with van der Waals surface area (Å²) in [6, 6.07) is 18.9. The molecule has 3 amide bonds. The molecule has 3 N–H and O–H groups in total. The van der Waals surface area contributed by atoms with Crippen molar-refractivity contribution in [3.8, 4) is 0 Å². The van der Waals surface area contributed by atoms with E-state index in [1.165, 1.54) is 4.68 Å². The van der Waals surface area contributed by atoms with Gasteiger partial charge < -0.3 is 10.6 Å². The molecule has 0 spiro atoms. The number of benzene rings is 3. The van der Waals surface area contributed by atoms with Gasteiger partial charge >= 0.3 is 11.8 Å². The molecule has 1 heterocycles. The highest BCUT2D eigenvalue weighted by atomic mass is 79.9. The van der Waals surface area contributed by atoms with Gasteiger partial charge in [-0.2, -0.15) is 0 Å². The molecular weight excluding hydrogens is 588 g/mol. The Morgan fingerprint density at radius 2 is 1.56 bits per heavy atom. The zero-order valence-electron chi connectivity index (χ0n) is 17.7. The number of carbonyl (C=O) groups excluding carboxylic acids is 3. The molecule has 172 valence electrons. The average molecular weight is 605 g/mol. The van der Waals surface area contributed by atoms with E-state index in [1.54, 1.807) is 66.7 Å². The Balaban J connectivity index is 1.63. The summed E-state index contributed by atoms with van der Waals surface area (Å²) in [5.74, 6) is -2.30. The molecule has 0 unspecified atom stereocenters. The molecule has 0 aliphatic rings. The molecule has 0 aliphatic carbocycles. The maximum Gasteiger partial charge on any atom is 0.328 e. The van der Waals surface area contributed by atoms with Gasteiger partial charge in [-0.3, -0.25) is 19.8 Å². The number of hydrogen-bond donors (Lipinski definition) is 3. The summed E-state index contributed by atoms with van der Waals surface area (Å²) in [6.07, 6.45) is 0. The molecule has 0 saturated carbocycles. The quantitative estimate of drug-likeness (QED) is 0.246. The first kappa shape index (κ1) is 24.0. The molecule has 0 aliphatic heterocycles. The fourth-order valence-electron chi connectivity index (χ4n) is 3.25. The van der Waals surface area contributed by atoms with Gasteiger partial charge in [-0.05, 0) is 67.1 Å². The van der Waals surface area contributed by atoms with E-state index in [0.717, 1.165) is 14.5 Å². The van der Waals surface area contributed by atoms with Crippen molar-refractivity contribution >= 4 is 83.5 Å². The third kappa shape index (κ3) is 5.32. The molecule has 0 saturated heterocycles. The van der Waals surface area contributed by atoms with E-state index >= 15 is 0 Å². The second-order valence-corrected chi connectivity index (χ2v) is 9.63. The van der Waals surface area contributed by atoms with Crippen LogP contribution in [0.15, 0.2) is 75.7 Å². The molecule has 4 aromatic rings. The summed E-state index contributed by atoms with van der Waals surface area (Å²) in [6.45, 7) is 1.86. The number of anilines is 2. The number of nitrogens with one attached hydrogen (secondary N) is 3. The van der Waals surface area contributed by atoms with Crippen molar-refractivity contribution in [3.05, 3.63) is 92.0 Å². The van der Waals surface area contributed by atoms with Gasteiger partial charge in [-0.1, -0.05) is 55.6 Å². The summed E-state index contributed by atoms with van der Waals surface area (Å²) in [7, 11) is 0. The van der Waals surface area contributed by atoms with Crippen LogP contribution in [0.3, 0.4) is 0 Å². The minimum atomic E-state index is -0.937. The van der Waals surface area contributed by atoms with Crippen LogP contribution >= 0.6 is 43.5 Å². The van der Waals surface area contributed by atoms with Gasteiger partial charge in [0.15, 0.2) is 0 Å². The van der Waals surface area contributed by atoms with Crippen LogP contribution in [0.25, 0.3) is 10.9 Å². The van der Waals surface area contributed by atoms with E-state index < -0.39 is 17.7 Å². The molecule has 34 heavy (non-hydrogen) atoms. The molecule has 3 aromatic carbocycles. The zero-order valence-corrected chi connectivity index (χ0v) is 21.6. The Morgan fingerprint density at radius 1 is 0.824 bits per heavy atom. The summed E-state index contributed by atoms with van der Waals surface area (Å²) in [4.78, 5) is 38.3. The first-order valence-corrected chi connectivity index (χ1v) is 11.9. The van der Waals surface area contributed by atoms with Crippen molar-refractivity contribution < 1.29 is 14.4 Å². The number of aromatic nitrogens is 1. The Hall–Kier alpha value is -3.14. The SMILES string of the molecule is Cc1ccc(NC(=O)c2cc3cc(Br)ccc3n2NC(=O)C(=O)Nc2cccc(Br)c2)cc1Cl. The third-order valence-corrected chi connectivity index (χ3v) is 6.32. The lowest BCUT2D eigenvalue weighted by Crippen LogP contribution is -2.36. The van der Waals surface area contributed by atoms with Gasteiger partial charge in [-0.15, -0.1) is 0 Å². The highest BCUT2D eigenvalue weighted by Gasteiger charge is 2.21. The maximum absolute atomic E-state index is 13.1. The minimum Gasteiger partial charge on any atom is -0.321 e. The van der Waals surface area contributed by atoms with Gasteiger partial charge in [0.05, 0.1) is 5.52 Å². The number of aryl methyl sites for hydroxylation is 1. The average Bonchev–Trinajstić information content (AvgIpc) is 3.13. The van der Waals surface area contributed by atoms with Gasteiger partial charge in [0.25, 0.3) is 5.91 Å². The summed E-state index contributed by atoms with van der Waals surface area (Å²) >= 11 is 12.9. The zero-order chi connectivity index (χ0) is 24.4. The lowest BCUT2D eigenvalue weighted by Gasteiger charge is -2.13. The number of nitrogens with zero attached hydrogens (tertiary/aromatic N) is 1.